The third-order valence-electron chi connectivity index (χ3n) is 3.23. The first-order chi connectivity index (χ1) is 10.3. The van der Waals surface area contributed by atoms with Crippen LogP contribution in [0.25, 0.3) is 6.08 Å². The van der Waals surface area contributed by atoms with Crippen molar-refractivity contribution in [2.45, 2.75) is 18.2 Å². The molecule has 2 aromatic rings. The van der Waals surface area contributed by atoms with Crippen LogP contribution in [0.15, 0.2) is 58.3 Å². The van der Waals surface area contributed by atoms with Crippen molar-refractivity contribution in [1.29, 1.82) is 0 Å². The molecular formula is C18H16O2S. The lowest BCUT2D eigenvalue weighted by atomic mass is 10.1. The van der Waals surface area contributed by atoms with E-state index < -0.39 is 0 Å². The molecule has 0 aliphatic carbocycles. The molecule has 0 N–H and O–H groups in total. The minimum Gasteiger partial charge on any atom is -0.494 e. The average molecular weight is 296 g/mol. The van der Waals surface area contributed by atoms with Gasteiger partial charge in [0, 0.05) is 10.5 Å². The minimum atomic E-state index is 0.113. The summed E-state index contributed by atoms with van der Waals surface area (Å²) < 4.78 is 5.56. The Balaban J connectivity index is 1.79. The lowest BCUT2D eigenvalue weighted by Gasteiger charge is -2.04. The summed E-state index contributed by atoms with van der Waals surface area (Å²) in [4.78, 5) is 14.1. The second kappa shape index (κ2) is 6.19. The molecule has 0 saturated heterocycles. The van der Waals surface area contributed by atoms with Crippen molar-refractivity contribution in [3.63, 3.8) is 0 Å². The molecule has 3 heteroatoms. The van der Waals surface area contributed by atoms with Crippen LogP contribution in [0.4, 0.5) is 0 Å². The number of carbonyl (C=O) groups is 1. The first-order valence-corrected chi connectivity index (χ1v) is 7.85. The summed E-state index contributed by atoms with van der Waals surface area (Å²) in [5.74, 6) is 0.981. The summed E-state index contributed by atoms with van der Waals surface area (Å²) in [7, 11) is 0. The van der Waals surface area contributed by atoms with E-state index in [1.807, 2.05) is 54.6 Å². The number of ether oxygens (including phenoxy) is 1. The van der Waals surface area contributed by atoms with E-state index in [2.05, 4.69) is 6.92 Å². The molecular weight excluding hydrogens is 280 g/mol. The molecule has 2 nitrogen and oxygen atoms in total. The second-order valence-electron chi connectivity index (χ2n) is 4.85. The van der Waals surface area contributed by atoms with Crippen molar-refractivity contribution in [3.8, 4) is 5.75 Å². The Hall–Kier alpha value is -2.00. The maximum Gasteiger partial charge on any atom is 0.200 e. The molecule has 0 radical (unpaired) electrons. The summed E-state index contributed by atoms with van der Waals surface area (Å²) >= 11 is 1.54. The number of hydrogen-bond donors (Lipinski definition) is 0. The topological polar surface area (TPSA) is 26.3 Å². The van der Waals surface area contributed by atoms with Crippen LogP contribution < -0.4 is 4.74 Å². The standard InChI is InChI=1S/C18H16O2S/c1-2-11-20-14-9-7-13(8-10-14)12-17-18(19)15-5-3-4-6-16(15)21-17/h3-10,12H,2,11H2,1H3/b17-12-. The van der Waals surface area contributed by atoms with Gasteiger partial charge < -0.3 is 4.74 Å². The first kappa shape index (κ1) is 14.0. The number of Topliss-reactive ketones (excluding diaryl/α,β-unsaturated/α-hetero) is 1. The third kappa shape index (κ3) is 3.03. The molecule has 0 saturated carbocycles. The molecule has 0 unspecified atom stereocenters. The van der Waals surface area contributed by atoms with E-state index in [1.165, 1.54) is 11.8 Å². The summed E-state index contributed by atoms with van der Waals surface area (Å²) in [6.07, 6.45) is 2.94. The van der Waals surface area contributed by atoms with Gasteiger partial charge in [0.05, 0.1) is 11.5 Å². The van der Waals surface area contributed by atoms with Gasteiger partial charge in [-0.05, 0) is 42.3 Å². The van der Waals surface area contributed by atoms with Gasteiger partial charge in [0.15, 0.2) is 0 Å². The normalized spacial score (nSPS) is 15.3. The largest absolute Gasteiger partial charge is 0.494 e. The summed E-state index contributed by atoms with van der Waals surface area (Å²) in [5, 5.41) is 0. The second-order valence-corrected chi connectivity index (χ2v) is 5.94. The molecule has 1 aliphatic rings. The Morgan fingerprint density at radius 3 is 2.57 bits per heavy atom. The molecule has 0 aromatic heterocycles. The molecule has 21 heavy (non-hydrogen) atoms. The number of allylic oxidation sites excluding steroid dienone is 1. The van der Waals surface area contributed by atoms with Crippen LogP contribution in [-0.4, -0.2) is 12.4 Å². The van der Waals surface area contributed by atoms with E-state index in [1.54, 1.807) is 0 Å². The Morgan fingerprint density at radius 2 is 1.86 bits per heavy atom. The van der Waals surface area contributed by atoms with Crippen molar-refractivity contribution in [1.82, 2.24) is 0 Å². The van der Waals surface area contributed by atoms with E-state index in [0.29, 0.717) is 0 Å². The van der Waals surface area contributed by atoms with Crippen molar-refractivity contribution < 1.29 is 9.53 Å². The number of thioether (sulfide) groups is 1. The molecule has 1 heterocycles. The molecule has 0 atom stereocenters. The fourth-order valence-corrected chi connectivity index (χ4v) is 3.22. The first-order valence-electron chi connectivity index (χ1n) is 7.04. The van der Waals surface area contributed by atoms with E-state index in [-0.39, 0.29) is 5.78 Å². The van der Waals surface area contributed by atoms with Crippen LogP contribution in [0, 0.1) is 0 Å². The van der Waals surface area contributed by atoms with Crippen molar-refractivity contribution in [2.24, 2.45) is 0 Å². The van der Waals surface area contributed by atoms with E-state index in [9.17, 15) is 4.79 Å². The summed E-state index contributed by atoms with van der Waals surface area (Å²) in [6, 6.07) is 15.6. The highest BCUT2D eigenvalue weighted by molar-refractivity contribution is 8.04. The predicted octanol–water partition coefficient (Wildman–Crippen LogP) is 4.80. The fourth-order valence-electron chi connectivity index (χ4n) is 2.17. The Labute approximate surface area is 128 Å². The van der Waals surface area contributed by atoms with Gasteiger partial charge in [-0.1, -0.05) is 43.0 Å². The molecule has 0 spiro atoms. The van der Waals surface area contributed by atoms with Gasteiger partial charge in [0.1, 0.15) is 5.75 Å². The third-order valence-corrected chi connectivity index (χ3v) is 4.33. The summed E-state index contributed by atoms with van der Waals surface area (Å²) in [6.45, 7) is 2.81. The quantitative estimate of drug-likeness (QED) is 0.758. The highest BCUT2D eigenvalue weighted by Gasteiger charge is 2.24. The zero-order valence-electron chi connectivity index (χ0n) is 11.8. The Morgan fingerprint density at radius 1 is 1.10 bits per heavy atom. The van der Waals surface area contributed by atoms with Crippen LogP contribution in [-0.2, 0) is 0 Å². The van der Waals surface area contributed by atoms with E-state index >= 15 is 0 Å². The number of rotatable bonds is 4. The zero-order chi connectivity index (χ0) is 14.7. The van der Waals surface area contributed by atoms with Gasteiger partial charge in [-0.15, -0.1) is 0 Å². The van der Waals surface area contributed by atoms with Crippen LogP contribution >= 0.6 is 11.8 Å². The number of carbonyl (C=O) groups excluding carboxylic acids is 1. The molecule has 0 fully saturated rings. The van der Waals surface area contributed by atoms with Gasteiger partial charge in [-0.2, -0.15) is 0 Å². The van der Waals surface area contributed by atoms with Gasteiger partial charge in [-0.25, -0.2) is 0 Å². The highest BCUT2D eigenvalue weighted by Crippen LogP contribution is 2.40. The maximum absolute atomic E-state index is 12.3. The van der Waals surface area contributed by atoms with Crippen LogP contribution in [0.5, 0.6) is 5.75 Å². The van der Waals surface area contributed by atoms with Gasteiger partial charge >= 0.3 is 0 Å². The zero-order valence-corrected chi connectivity index (χ0v) is 12.7. The van der Waals surface area contributed by atoms with E-state index in [4.69, 9.17) is 4.74 Å². The SMILES string of the molecule is CCCOc1ccc(/C=C2\Sc3ccccc3C2=O)cc1. The van der Waals surface area contributed by atoms with Crippen molar-refractivity contribution >= 4 is 23.6 Å². The monoisotopic (exact) mass is 296 g/mol. The van der Waals surface area contributed by atoms with Crippen molar-refractivity contribution in [3.05, 3.63) is 64.6 Å². The molecule has 0 bridgehead atoms. The number of benzene rings is 2. The molecule has 1 aliphatic heterocycles. The lowest BCUT2D eigenvalue weighted by molar-refractivity contribution is 0.104. The van der Waals surface area contributed by atoms with Crippen molar-refractivity contribution in [2.75, 3.05) is 6.61 Å². The molecule has 2 aromatic carbocycles. The molecule has 0 amide bonds. The molecule has 106 valence electrons. The Bertz CT molecular complexity index is 687. The van der Waals surface area contributed by atoms with Gasteiger partial charge in [0.2, 0.25) is 5.78 Å². The predicted molar refractivity (Wildman–Crippen MR) is 86.8 cm³/mol. The average Bonchev–Trinajstić information content (AvgIpc) is 2.83. The molecule has 3 rings (SSSR count). The van der Waals surface area contributed by atoms with Crippen LogP contribution in [0.3, 0.4) is 0 Å². The number of ketones is 1. The highest BCUT2D eigenvalue weighted by atomic mass is 32.2. The number of fused-ring (bicyclic) bond motifs is 1. The Kier molecular flexibility index (Phi) is 4.11. The van der Waals surface area contributed by atoms with Crippen LogP contribution in [0.1, 0.15) is 29.3 Å². The lowest BCUT2D eigenvalue weighted by Crippen LogP contribution is -1.95. The number of hydrogen-bond acceptors (Lipinski definition) is 3. The van der Waals surface area contributed by atoms with Gasteiger partial charge in [-0.3, -0.25) is 4.79 Å². The fraction of sp³-hybridized carbons (Fsp3) is 0.167. The van der Waals surface area contributed by atoms with Crippen LogP contribution in [0.2, 0.25) is 0 Å². The van der Waals surface area contributed by atoms with Gasteiger partial charge in [0.25, 0.3) is 0 Å². The van der Waals surface area contributed by atoms with E-state index in [0.717, 1.165) is 39.7 Å². The maximum atomic E-state index is 12.3. The smallest absolute Gasteiger partial charge is 0.200 e. The minimum absolute atomic E-state index is 0.113. The summed E-state index contributed by atoms with van der Waals surface area (Å²) in [5.41, 5.74) is 1.82.